The molecule has 5 heteroatoms. The summed E-state index contributed by atoms with van der Waals surface area (Å²) in [5, 5.41) is 3.28. The zero-order chi connectivity index (χ0) is 18.2. The van der Waals surface area contributed by atoms with Crippen molar-refractivity contribution in [3.05, 3.63) is 76.3 Å². The van der Waals surface area contributed by atoms with E-state index in [1.165, 1.54) is 13.0 Å². The van der Waals surface area contributed by atoms with Gasteiger partial charge in [0.1, 0.15) is 0 Å². The number of nitrogens with one attached hydrogen (secondary N) is 1. The van der Waals surface area contributed by atoms with Gasteiger partial charge in [0.2, 0.25) is 0 Å². The predicted molar refractivity (Wildman–Crippen MR) is 99.1 cm³/mol. The zero-order valence-corrected chi connectivity index (χ0v) is 14.9. The lowest BCUT2D eigenvalue weighted by atomic mass is 10.1. The van der Waals surface area contributed by atoms with E-state index in [9.17, 15) is 9.59 Å². The van der Waals surface area contributed by atoms with Gasteiger partial charge in [-0.15, -0.1) is 0 Å². The van der Waals surface area contributed by atoms with Crippen LogP contribution in [-0.2, 0) is 20.9 Å². The SMILES string of the molecule is Cc1cccc(/C=C/C(=O)O[C@@H](C)C(=O)NCc2ccccc2Cl)c1. The molecule has 4 nitrogen and oxygen atoms in total. The van der Waals surface area contributed by atoms with Crippen LogP contribution in [0.4, 0.5) is 0 Å². The van der Waals surface area contributed by atoms with Crippen molar-refractivity contribution in [2.75, 3.05) is 0 Å². The van der Waals surface area contributed by atoms with Crippen LogP contribution in [0.1, 0.15) is 23.6 Å². The van der Waals surface area contributed by atoms with Crippen molar-refractivity contribution in [1.29, 1.82) is 0 Å². The Bertz CT molecular complexity index is 786. The van der Waals surface area contributed by atoms with Gasteiger partial charge in [0.15, 0.2) is 6.10 Å². The summed E-state index contributed by atoms with van der Waals surface area (Å²) in [7, 11) is 0. The molecule has 1 N–H and O–H groups in total. The van der Waals surface area contributed by atoms with Crippen LogP contribution in [0.3, 0.4) is 0 Å². The standard InChI is InChI=1S/C20H20ClNO3/c1-14-6-5-7-16(12-14)10-11-19(23)25-15(2)20(24)22-13-17-8-3-4-9-18(17)21/h3-12,15H,13H2,1-2H3,(H,22,24)/b11-10+/t15-/m0/s1. The van der Waals surface area contributed by atoms with Crippen LogP contribution in [0.15, 0.2) is 54.6 Å². The molecule has 1 atom stereocenters. The summed E-state index contributed by atoms with van der Waals surface area (Å²) in [4.78, 5) is 23.9. The molecule has 25 heavy (non-hydrogen) atoms. The maximum Gasteiger partial charge on any atom is 0.331 e. The topological polar surface area (TPSA) is 55.4 Å². The van der Waals surface area contributed by atoms with Crippen molar-refractivity contribution in [3.63, 3.8) is 0 Å². The summed E-state index contributed by atoms with van der Waals surface area (Å²) >= 11 is 6.04. The predicted octanol–water partition coefficient (Wildman–Crippen LogP) is 3.91. The number of carbonyl (C=O) groups is 2. The van der Waals surface area contributed by atoms with Gasteiger partial charge in [-0.1, -0.05) is 59.6 Å². The number of esters is 1. The Morgan fingerprint density at radius 3 is 2.68 bits per heavy atom. The van der Waals surface area contributed by atoms with Gasteiger partial charge in [-0.25, -0.2) is 4.79 Å². The average Bonchev–Trinajstić information content (AvgIpc) is 2.59. The van der Waals surface area contributed by atoms with Gasteiger partial charge >= 0.3 is 5.97 Å². The fourth-order valence-electron chi connectivity index (χ4n) is 2.17. The van der Waals surface area contributed by atoms with Crippen LogP contribution >= 0.6 is 11.6 Å². The molecule has 1 amide bonds. The molecule has 0 fully saturated rings. The van der Waals surface area contributed by atoms with Crippen LogP contribution in [0.2, 0.25) is 5.02 Å². The maximum absolute atomic E-state index is 12.0. The first-order chi connectivity index (χ1) is 12.0. The molecule has 130 valence electrons. The van der Waals surface area contributed by atoms with E-state index in [1.54, 1.807) is 12.1 Å². The number of carbonyl (C=O) groups excluding carboxylic acids is 2. The molecule has 0 spiro atoms. The Kier molecular flexibility index (Phi) is 6.78. The lowest BCUT2D eigenvalue weighted by molar-refractivity contribution is -0.150. The van der Waals surface area contributed by atoms with Crippen molar-refractivity contribution in [1.82, 2.24) is 5.32 Å². The molecule has 2 rings (SSSR count). The van der Waals surface area contributed by atoms with Crippen LogP contribution in [0, 0.1) is 6.92 Å². The summed E-state index contributed by atoms with van der Waals surface area (Å²) in [5.74, 6) is -0.945. The first kappa shape index (κ1) is 18.7. The molecule has 2 aromatic carbocycles. The second-order valence-electron chi connectivity index (χ2n) is 5.64. The normalized spacial score (nSPS) is 12.0. The van der Waals surface area contributed by atoms with Gasteiger partial charge in [-0.3, -0.25) is 4.79 Å². The third-order valence-corrected chi connectivity index (χ3v) is 3.90. The number of hydrogen-bond donors (Lipinski definition) is 1. The molecule has 0 aliphatic rings. The van der Waals surface area contributed by atoms with Crippen molar-refractivity contribution in [3.8, 4) is 0 Å². The summed E-state index contributed by atoms with van der Waals surface area (Å²) in [6, 6.07) is 14.9. The van der Waals surface area contributed by atoms with Gasteiger partial charge in [-0.05, 0) is 37.1 Å². The highest BCUT2D eigenvalue weighted by molar-refractivity contribution is 6.31. The number of halogens is 1. The largest absolute Gasteiger partial charge is 0.449 e. The molecule has 0 aliphatic heterocycles. The number of hydrogen-bond acceptors (Lipinski definition) is 3. The van der Waals surface area contributed by atoms with E-state index in [1.807, 2.05) is 49.4 Å². The van der Waals surface area contributed by atoms with E-state index in [0.717, 1.165) is 16.7 Å². The third kappa shape index (κ3) is 6.08. The van der Waals surface area contributed by atoms with Crippen LogP contribution in [-0.4, -0.2) is 18.0 Å². The van der Waals surface area contributed by atoms with E-state index in [-0.39, 0.29) is 12.5 Å². The minimum atomic E-state index is -0.892. The van der Waals surface area contributed by atoms with Crippen LogP contribution in [0.25, 0.3) is 6.08 Å². The van der Waals surface area contributed by atoms with Gasteiger partial charge in [-0.2, -0.15) is 0 Å². The lowest BCUT2D eigenvalue weighted by Gasteiger charge is -2.13. The van der Waals surface area contributed by atoms with E-state index < -0.39 is 12.1 Å². The minimum absolute atomic E-state index is 0.277. The number of ether oxygens (including phenoxy) is 1. The zero-order valence-electron chi connectivity index (χ0n) is 14.2. The summed E-state index contributed by atoms with van der Waals surface area (Å²) in [5.41, 5.74) is 2.80. The molecular weight excluding hydrogens is 338 g/mol. The smallest absolute Gasteiger partial charge is 0.331 e. The monoisotopic (exact) mass is 357 g/mol. The van der Waals surface area contributed by atoms with Gasteiger partial charge < -0.3 is 10.1 Å². The quantitative estimate of drug-likeness (QED) is 0.630. The lowest BCUT2D eigenvalue weighted by Crippen LogP contribution is -2.35. The summed E-state index contributed by atoms with van der Waals surface area (Å²) < 4.78 is 5.11. The Labute approximate surface area is 152 Å². The van der Waals surface area contributed by atoms with E-state index in [0.29, 0.717) is 5.02 Å². The molecule has 0 saturated heterocycles. The summed E-state index contributed by atoms with van der Waals surface area (Å²) in [6.45, 7) is 3.78. The molecule has 0 aliphatic carbocycles. The number of aryl methyl sites for hydroxylation is 1. The van der Waals surface area contributed by atoms with Crippen LogP contribution < -0.4 is 5.32 Å². The minimum Gasteiger partial charge on any atom is -0.449 e. The number of amides is 1. The molecule has 0 aromatic heterocycles. The van der Waals surface area contributed by atoms with Gasteiger partial charge in [0, 0.05) is 17.6 Å². The first-order valence-electron chi connectivity index (χ1n) is 7.92. The molecule has 0 radical (unpaired) electrons. The van der Waals surface area contributed by atoms with Gasteiger partial charge in [0.25, 0.3) is 5.91 Å². The molecule has 2 aromatic rings. The molecule has 0 heterocycles. The molecular formula is C20H20ClNO3. The Morgan fingerprint density at radius 1 is 1.20 bits per heavy atom. The molecule has 0 unspecified atom stereocenters. The maximum atomic E-state index is 12.0. The van der Waals surface area contributed by atoms with Crippen molar-refractivity contribution in [2.24, 2.45) is 0 Å². The number of rotatable bonds is 6. The number of benzene rings is 2. The van der Waals surface area contributed by atoms with E-state index >= 15 is 0 Å². The highest BCUT2D eigenvalue weighted by Crippen LogP contribution is 2.14. The molecule has 0 saturated carbocycles. The van der Waals surface area contributed by atoms with Crippen molar-refractivity contribution in [2.45, 2.75) is 26.5 Å². The Balaban J connectivity index is 1.83. The van der Waals surface area contributed by atoms with Crippen LogP contribution in [0.5, 0.6) is 0 Å². The fraction of sp³-hybridized carbons (Fsp3) is 0.200. The van der Waals surface area contributed by atoms with Gasteiger partial charge in [0.05, 0.1) is 0 Å². The second-order valence-corrected chi connectivity index (χ2v) is 6.04. The Hall–Kier alpha value is -2.59. The average molecular weight is 358 g/mol. The first-order valence-corrected chi connectivity index (χ1v) is 8.30. The van der Waals surface area contributed by atoms with Crippen molar-refractivity contribution < 1.29 is 14.3 Å². The summed E-state index contributed by atoms with van der Waals surface area (Å²) in [6.07, 6.45) is 2.08. The highest BCUT2D eigenvalue weighted by Gasteiger charge is 2.16. The third-order valence-electron chi connectivity index (χ3n) is 3.53. The van der Waals surface area contributed by atoms with E-state index in [4.69, 9.17) is 16.3 Å². The highest BCUT2D eigenvalue weighted by atomic mass is 35.5. The second kappa shape index (κ2) is 9.04. The Morgan fingerprint density at radius 2 is 1.96 bits per heavy atom. The van der Waals surface area contributed by atoms with Crippen molar-refractivity contribution >= 4 is 29.6 Å². The van der Waals surface area contributed by atoms with E-state index in [2.05, 4.69) is 5.32 Å². The fourth-order valence-corrected chi connectivity index (χ4v) is 2.38. The molecule has 0 bridgehead atoms.